The summed E-state index contributed by atoms with van der Waals surface area (Å²) in [6.07, 6.45) is 4.98. The highest BCUT2D eigenvalue weighted by atomic mass is 32.2. The highest BCUT2D eigenvalue weighted by Gasteiger charge is 2.13. The maximum atomic E-state index is 12.5. The van der Waals surface area contributed by atoms with Gasteiger partial charge in [-0.1, -0.05) is 0 Å². The van der Waals surface area contributed by atoms with Crippen LogP contribution in [0.4, 0.5) is 5.69 Å². The molecule has 0 spiro atoms. The topological polar surface area (TPSA) is 145 Å². The second-order valence-corrected chi connectivity index (χ2v) is 11.8. The van der Waals surface area contributed by atoms with E-state index in [1.807, 2.05) is 0 Å². The van der Waals surface area contributed by atoms with Crippen molar-refractivity contribution in [3.05, 3.63) is 84.9 Å². The number of carbonyl (C=O) groups is 1. The molecule has 0 fully saturated rings. The molecule has 0 aliphatic carbocycles. The van der Waals surface area contributed by atoms with Crippen molar-refractivity contribution in [2.75, 3.05) is 17.8 Å². The van der Waals surface area contributed by atoms with E-state index in [9.17, 15) is 21.6 Å². The standard InChI is InChI=1S/C24H21N3O7S2/c1-35(29,30)21-7-3-17(4-8-21)33-19-11-16(27-24(28)23-14-25-15-26-23)12-20(13-19)34-18-5-9-22(10-6-18)36(2,31)32/h3-15H,1-2H3,(H,25,26)(H,27,28). The summed E-state index contributed by atoms with van der Waals surface area (Å²) in [6.45, 7) is 0. The second kappa shape index (κ2) is 9.84. The molecule has 0 aliphatic heterocycles. The van der Waals surface area contributed by atoms with Gasteiger partial charge in [-0.15, -0.1) is 0 Å². The molecule has 0 aliphatic rings. The van der Waals surface area contributed by atoms with Crippen LogP contribution in [0.25, 0.3) is 0 Å². The normalized spacial score (nSPS) is 11.6. The number of nitrogens with zero attached hydrogens (tertiary/aromatic N) is 1. The summed E-state index contributed by atoms with van der Waals surface area (Å²) in [6, 6.07) is 16.5. The lowest BCUT2D eigenvalue weighted by Crippen LogP contribution is -2.12. The zero-order chi connectivity index (χ0) is 25.9. The van der Waals surface area contributed by atoms with Gasteiger partial charge < -0.3 is 19.8 Å². The van der Waals surface area contributed by atoms with E-state index in [1.165, 1.54) is 61.1 Å². The average Bonchev–Trinajstić information content (AvgIpc) is 3.34. The lowest BCUT2D eigenvalue weighted by atomic mass is 10.2. The van der Waals surface area contributed by atoms with Crippen LogP contribution in [0.1, 0.15) is 10.5 Å². The molecule has 0 bridgehead atoms. The highest BCUT2D eigenvalue weighted by Crippen LogP contribution is 2.33. The molecule has 0 radical (unpaired) electrons. The molecule has 36 heavy (non-hydrogen) atoms. The molecule has 0 saturated carbocycles. The predicted molar refractivity (Wildman–Crippen MR) is 132 cm³/mol. The Labute approximate surface area is 207 Å². The maximum absolute atomic E-state index is 12.5. The molecule has 0 atom stereocenters. The molecule has 0 saturated heterocycles. The molecule has 10 nitrogen and oxygen atoms in total. The first-order valence-corrected chi connectivity index (χ1v) is 14.2. The van der Waals surface area contributed by atoms with E-state index >= 15 is 0 Å². The molecule has 0 unspecified atom stereocenters. The van der Waals surface area contributed by atoms with Gasteiger partial charge in [0.2, 0.25) is 0 Å². The third-order valence-electron chi connectivity index (χ3n) is 4.86. The van der Waals surface area contributed by atoms with Crippen LogP contribution in [0.3, 0.4) is 0 Å². The number of rotatable bonds is 8. The Balaban J connectivity index is 1.63. The molecule has 3 aromatic carbocycles. The highest BCUT2D eigenvalue weighted by molar-refractivity contribution is 7.91. The van der Waals surface area contributed by atoms with Crippen molar-refractivity contribution in [3.63, 3.8) is 0 Å². The van der Waals surface area contributed by atoms with Gasteiger partial charge in [0.05, 0.1) is 22.3 Å². The number of anilines is 1. The van der Waals surface area contributed by atoms with Gasteiger partial charge in [0, 0.05) is 36.4 Å². The fraction of sp³-hybridized carbons (Fsp3) is 0.0833. The summed E-state index contributed by atoms with van der Waals surface area (Å²) in [5, 5.41) is 2.73. The smallest absolute Gasteiger partial charge is 0.273 e. The van der Waals surface area contributed by atoms with E-state index in [0.717, 1.165) is 12.5 Å². The Morgan fingerprint density at radius 2 is 1.22 bits per heavy atom. The van der Waals surface area contributed by atoms with Crippen molar-refractivity contribution < 1.29 is 31.1 Å². The quantitative estimate of drug-likeness (QED) is 0.349. The molecule has 186 valence electrons. The number of nitrogens with one attached hydrogen (secondary N) is 2. The number of carbonyl (C=O) groups excluding carboxylic acids is 1. The van der Waals surface area contributed by atoms with Gasteiger partial charge >= 0.3 is 0 Å². The third kappa shape index (κ3) is 6.29. The van der Waals surface area contributed by atoms with Gasteiger partial charge in [-0.3, -0.25) is 4.79 Å². The van der Waals surface area contributed by atoms with Crippen LogP contribution in [-0.4, -0.2) is 45.2 Å². The molecule has 4 rings (SSSR count). The van der Waals surface area contributed by atoms with Gasteiger partial charge in [-0.2, -0.15) is 0 Å². The molecular weight excluding hydrogens is 506 g/mol. The molecular formula is C24H21N3O7S2. The summed E-state index contributed by atoms with van der Waals surface area (Å²) < 4.78 is 58.6. The lowest BCUT2D eigenvalue weighted by Gasteiger charge is -2.13. The zero-order valence-electron chi connectivity index (χ0n) is 19.1. The molecule has 1 heterocycles. The van der Waals surface area contributed by atoms with E-state index in [2.05, 4.69) is 15.3 Å². The van der Waals surface area contributed by atoms with Crippen molar-refractivity contribution >= 4 is 31.3 Å². The monoisotopic (exact) mass is 527 g/mol. The van der Waals surface area contributed by atoms with Crippen molar-refractivity contribution in [2.45, 2.75) is 9.79 Å². The van der Waals surface area contributed by atoms with Crippen LogP contribution in [0.5, 0.6) is 23.0 Å². The Morgan fingerprint density at radius 3 is 1.61 bits per heavy atom. The van der Waals surface area contributed by atoms with Gasteiger partial charge in [0.25, 0.3) is 5.91 Å². The number of aromatic amines is 1. The largest absolute Gasteiger partial charge is 0.457 e. The number of benzene rings is 3. The first-order valence-electron chi connectivity index (χ1n) is 10.4. The minimum absolute atomic E-state index is 0.150. The van der Waals surface area contributed by atoms with Gasteiger partial charge in [-0.05, 0) is 48.5 Å². The second-order valence-electron chi connectivity index (χ2n) is 7.80. The van der Waals surface area contributed by atoms with Gasteiger partial charge in [0.1, 0.15) is 28.7 Å². The molecule has 12 heteroatoms. The van der Waals surface area contributed by atoms with Crippen molar-refractivity contribution in [2.24, 2.45) is 0 Å². The predicted octanol–water partition coefficient (Wildman–Crippen LogP) is 4.05. The molecule has 2 N–H and O–H groups in total. The Bertz CT molecular complexity index is 1500. The summed E-state index contributed by atoms with van der Waals surface area (Å²) in [5.74, 6) is 0.885. The summed E-state index contributed by atoms with van der Waals surface area (Å²) in [4.78, 5) is 19.3. The molecule has 4 aromatic rings. The van der Waals surface area contributed by atoms with Crippen LogP contribution < -0.4 is 14.8 Å². The number of H-pyrrole nitrogens is 1. The van der Waals surface area contributed by atoms with Gasteiger partial charge in [-0.25, -0.2) is 21.8 Å². The molecule has 1 amide bonds. The van der Waals surface area contributed by atoms with Gasteiger partial charge in [0.15, 0.2) is 19.7 Å². The van der Waals surface area contributed by atoms with E-state index < -0.39 is 25.6 Å². The minimum Gasteiger partial charge on any atom is -0.457 e. The first kappa shape index (κ1) is 24.9. The average molecular weight is 528 g/mol. The Morgan fingerprint density at radius 1 is 0.750 bits per heavy atom. The van der Waals surface area contributed by atoms with Crippen molar-refractivity contribution in [1.82, 2.24) is 9.97 Å². The fourth-order valence-electron chi connectivity index (χ4n) is 3.12. The van der Waals surface area contributed by atoms with E-state index in [4.69, 9.17) is 9.47 Å². The number of amides is 1. The number of imidazole rings is 1. The van der Waals surface area contributed by atoms with E-state index in [-0.39, 0.29) is 15.5 Å². The fourth-order valence-corrected chi connectivity index (χ4v) is 4.38. The minimum atomic E-state index is -3.36. The van der Waals surface area contributed by atoms with Crippen molar-refractivity contribution in [3.8, 4) is 23.0 Å². The Kier molecular flexibility index (Phi) is 6.82. The molecule has 1 aromatic heterocycles. The summed E-state index contributed by atoms with van der Waals surface area (Å²) >= 11 is 0. The zero-order valence-corrected chi connectivity index (χ0v) is 20.8. The third-order valence-corrected chi connectivity index (χ3v) is 7.11. The number of sulfone groups is 2. The van der Waals surface area contributed by atoms with E-state index in [1.54, 1.807) is 18.2 Å². The summed E-state index contributed by atoms with van der Waals surface area (Å²) in [7, 11) is -6.71. The SMILES string of the molecule is CS(=O)(=O)c1ccc(Oc2cc(NC(=O)c3cnc[nH]3)cc(Oc3ccc(S(C)(=O)=O)cc3)c2)cc1. The van der Waals surface area contributed by atoms with Crippen LogP contribution >= 0.6 is 0 Å². The van der Waals surface area contributed by atoms with Crippen LogP contribution in [0, 0.1) is 0 Å². The van der Waals surface area contributed by atoms with Crippen LogP contribution in [0.2, 0.25) is 0 Å². The number of aromatic nitrogens is 2. The maximum Gasteiger partial charge on any atom is 0.273 e. The van der Waals surface area contributed by atoms with Crippen LogP contribution in [0.15, 0.2) is 89.0 Å². The lowest BCUT2D eigenvalue weighted by molar-refractivity contribution is 0.102. The van der Waals surface area contributed by atoms with E-state index in [0.29, 0.717) is 28.7 Å². The summed E-state index contributed by atoms with van der Waals surface area (Å²) in [5.41, 5.74) is 0.596. The number of hydrogen-bond acceptors (Lipinski definition) is 8. The van der Waals surface area contributed by atoms with Crippen molar-refractivity contribution in [1.29, 1.82) is 0 Å². The number of ether oxygens (including phenoxy) is 2. The first-order chi connectivity index (χ1) is 17.0. The number of hydrogen-bond donors (Lipinski definition) is 2. The van der Waals surface area contributed by atoms with Crippen LogP contribution in [-0.2, 0) is 19.7 Å². The Hall–Kier alpha value is -4.16.